The summed E-state index contributed by atoms with van der Waals surface area (Å²) in [6.07, 6.45) is 1.62. The lowest BCUT2D eigenvalue weighted by Crippen LogP contribution is -2.21. The summed E-state index contributed by atoms with van der Waals surface area (Å²) < 4.78 is 0. The van der Waals surface area contributed by atoms with Crippen LogP contribution >= 0.6 is 0 Å². The Labute approximate surface area is 119 Å². The SMILES string of the molecule is Cc1ccc(Nc2nncc(NCCN(C)C)n2)cc1. The number of hydrogen-bond donors (Lipinski definition) is 2. The first-order chi connectivity index (χ1) is 9.63. The summed E-state index contributed by atoms with van der Waals surface area (Å²) in [6.45, 7) is 3.80. The van der Waals surface area contributed by atoms with Crippen LogP contribution < -0.4 is 10.6 Å². The van der Waals surface area contributed by atoms with Crippen LogP contribution in [0.2, 0.25) is 0 Å². The molecule has 0 atom stereocenters. The van der Waals surface area contributed by atoms with Crippen molar-refractivity contribution in [1.29, 1.82) is 0 Å². The highest BCUT2D eigenvalue weighted by atomic mass is 15.3. The molecule has 0 radical (unpaired) electrons. The Balaban J connectivity index is 1.96. The molecule has 0 bridgehead atoms. The molecule has 0 aliphatic heterocycles. The fraction of sp³-hybridized carbons (Fsp3) is 0.357. The van der Waals surface area contributed by atoms with Gasteiger partial charge in [0.25, 0.3) is 0 Å². The van der Waals surface area contributed by atoms with Crippen LogP contribution in [0.15, 0.2) is 30.5 Å². The van der Waals surface area contributed by atoms with Crippen LogP contribution in [0.5, 0.6) is 0 Å². The molecule has 6 heteroatoms. The third-order valence-corrected chi connectivity index (χ3v) is 2.73. The highest BCUT2D eigenvalue weighted by Crippen LogP contribution is 2.13. The summed E-state index contributed by atoms with van der Waals surface area (Å²) in [7, 11) is 4.06. The number of aromatic nitrogens is 3. The topological polar surface area (TPSA) is 66.0 Å². The van der Waals surface area contributed by atoms with E-state index >= 15 is 0 Å². The van der Waals surface area contributed by atoms with E-state index in [1.165, 1.54) is 5.56 Å². The normalized spacial score (nSPS) is 10.6. The van der Waals surface area contributed by atoms with Crippen molar-refractivity contribution in [3.63, 3.8) is 0 Å². The molecule has 0 spiro atoms. The maximum atomic E-state index is 4.37. The first-order valence-electron chi connectivity index (χ1n) is 6.55. The number of likely N-dealkylation sites (N-methyl/N-ethyl adjacent to an activating group) is 1. The molecule has 0 unspecified atom stereocenters. The largest absolute Gasteiger partial charge is 0.367 e. The molecule has 0 aliphatic carbocycles. The average Bonchev–Trinajstić information content (AvgIpc) is 2.41. The van der Waals surface area contributed by atoms with E-state index in [0.717, 1.165) is 24.6 Å². The third-order valence-electron chi connectivity index (χ3n) is 2.73. The molecule has 2 aromatic rings. The minimum Gasteiger partial charge on any atom is -0.367 e. The van der Waals surface area contributed by atoms with Gasteiger partial charge in [-0.25, -0.2) is 0 Å². The maximum Gasteiger partial charge on any atom is 0.249 e. The molecular formula is C14H20N6. The summed E-state index contributed by atoms with van der Waals surface area (Å²) in [5, 5.41) is 14.3. The van der Waals surface area contributed by atoms with Crippen LogP contribution in [0.1, 0.15) is 5.56 Å². The number of nitrogens with zero attached hydrogens (tertiary/aromatic N) is 4. The van der Waals surface area contributed by atoms with Gasteiger partial charge in [-0.15, -0.1) is 5.10 Å². The Bertz CT molecular complexity index is 538. The molecule has 0 aliphatic rings. The van der Waals surface area contributed by atoms with Gasteiger partial charge in [0.2, 0.25) is 5.95 Å². The first kappa shape index (κ1) is 14.2. The van der Waals surface area contributed by atoms with E-state index in [9.17, 15) is 0 Å². The van der Waals surface area contributed by atoms with Crippen molar-refractivity contribution in [2.45, 2.75) is 6.92 Å². The second-order valence-electron chi connectivity index (χ2n) is 4.89. The second-order valence-corrected chi connectivity index (χ2v) is 4.89. The molecule has 0 fully saturated rings. The molecule has 0 saturated heterocycles. The molecule has 2 N–H and O–H groups in total. The lowest BCUT2D eigenvalue weighted by molar-refractivity contribution is 0.425. The Morgan fingerprint density at radius 2 is 1.90 bits per heavy atom. The predicted molar refractivity (Wildman–Crippen MR) is 81.3 cm³/mol. The summed E-state index contributed by atoms with van der Waals surface area (Å²) >= 11 is 0. The molecule has 106 valence electrons. The molecule has 1 aromatic heterocycles. The van der Waals surface area contributed by atoms with Crippen molar-refractivity contribution in [2.24, 2.45) is 0 Å². The predicted octanol–water partition coefficient (Wildman–Crippen LogP) is 1.90. The first-order valence-corrected chi connectivity index (χ1v) is 6.55. The Morgan fingerprint density at radius 1 is 1.15 bits per heavy atom. The minimum atomic E-state index is 0.490. The average molecular weight is 272 g/mol. The summed E-state index contributed by atoms with van der Waals surface area (Å²) in [5.74, 6) is 1.21. The number of anilines is 3. The lowest BCUT2D eigenvalue weighted by Gasteiger charge is -2.11. The van der Waals surface area contributed by atoms with E-state index in [4.69, 9.17) is 0 Å². The van der Waals surface area contributed by atoms with Gasteiger partial charge >= 0.3 is 0 Å². The molecule has 1 heterocycles. The minimum absolute atomic E-state index is 0.490. The molecule has 6 nitrogen and oxygen atoms in total. The molecular weight excluding hydrogens is 252 g/mol. The molecule has 2 rings (SSSR count). The van der Waals surface area contributed by atoms with E-state index in [2.05, 4.69) is 37.6 Å². The Kier molecular flexibility index (Phi) is 4.84. The number of aryl methyl sites for hydroxylation is 1. The number of hydrogen-bond acceptors (Lipinski definition) is 6. The van der Waals surface area contributed by atoms with Crippen molar-refractivity contribution in [1.82, 2.24) is 20.1 Å². The van der Waals surface area contributed by atoms with E-state index in [1.54, 1.807) is 6.20 Å². The number of nitrogens with one attached hydrogen (secondary N) is 2. The third kappa shape index (κ3) is 4.47. The van der Waals surface area contributed by atoms with Crippen molar-refractivity contribution in [3.05, 3.63) is 36.0 Å². The van der Waals surface area contributed by atoms with Crippen molar-refractivity contribution < 1.29 is 0 Å². The number of rotatable bonds is 6. The Morgan fingerprint density at radius 3 is 2.60 bits per heavy atom. The molecule has 0 saturated carbocycles. The van der Waals surface area contributed by atoms with Crippen LogP contribution in [-0.2, 0) is 0 Å². The van der Waals surface area contributed by atoms with E-state index < -0.39 is 0 Å². The van der Waals surface area contributed by atoms with Gasteiger partial charge in [0.1, 0.15) is 0 Å². The lowest BCUT2D eigenvalue weighted by atomic mass is 10.2. The van der Waals surface area contributed by atoms with Gasteiger partial charge in [-0.1, -0.05) is 17.7 Å². The zero-order valence-electron chi connectivity index (χ0n) is 12.1. The van der Waals surface area contributed by atoms with Crippen molar-refractivity contribution >= 4 is 17.5 Å². The second kappa shape index (κ2) is 6.81. The summed E-state index contributed by atoms with van der Waals surface area (Å²) in [4.78, 5) is 6.48. The Hall–Kier alpha value is -2.21. The van der Waals surface area contributed by atoms with Gasteiger partial charge in [0.15, 0.2) is 5.82 Å². The van der Waals surface area contributed by atoms with Gasteiger partial charge in [-0.2, -0.15) is 10.1 Å². The van der Waals surface area contributed by atoms with Gasteiger partial charge in [0.05, 0.1) is 6.20 Å². The van der Waals surface area contributed by atoms with E-state index in [0.29, 0.717) is 5.95 Å². The fourth-order valence-corrected chi connectivity index (χ4v) is 1.62. The van der Waals surface area contributed by atoms with Gasteiger partial charge in [-0.3, -0.25) is 0 Å². The van der Waals surface area contributed by atoms with E-state index in [1.807, 2.05) is 38.4 Å². The standard InChI is InChI=1S/C14H20N6/c1-11-4-6-12(7-5-11)17-14-18-13(10-16-19-14)15-8-9-20(2)3/h4-7,10H,8-9H2,1-3H3,(H2,15,17,18,19). The highest BCUT2D eigenvalue weighted by molar-refractivity contribution is 5.54. The van der Waals surface area contributed by atoms with Crippen molar-refractivity contribution in [3.8, 4) is 0 Å². The maximum absolute atomic E-state index is 4.37. The van der Waals surface area contributed by atoms with Gasteiger partial charge < -0.3 is 15.5 Å². The van der Waals surface area contributed by atoms with Gasteiger partial charge in [-0.05, 0) is 33.2 Å². The highest BCUT2D eigenvalue weighted by Gasteiger charge is 2.01. The fourth-order valence-electron chi connectivity index (χ4n) is 1.62. The zero-order chi connectivity index (χ0) is 14.4. The van der Waals surface area contributed by atoms with Crippen LogP contribution in [0.25, 0.3) is 0 Å². The van der Waals surface area contributed by atoms with Gasteiger partial charge in [0, 0.05) is 18.8 Å². The van der Waals surface area contributed by atoms with Crippen LogP contribution in [-0.4, -0.2) is 47.3 Å². The van der Waals surface area contributed by atoms with Crippen LogP contribution in [0.4, 0.5) is 17.5 Å². The number of benzene rings is 1. The molecule has 20 heavy (non-hydrogen) atoms. The summed E-state index contributed by atoms with van der Waals surface area (Å²) in [6, 6.07) is 8.06. The van der Waals surface area contributed by atoms with Crippen molar-refractivity contribution in [2.75, 3.05) is 37.8 Å². The van der Waals surface area contributed by atoms with E-state index in [-0.39, 0.29) is 0 Å². The quantitative estimate of drug-likeness (QED) is 0.837. The monoisotopic (exact) mass is 272 g/mol. The summed E-state index contributed by atoms with van der Waals surface area (Å²) in [5.41, 5.74) is 2.16. The van der Waals surface area contributed by atoms with Crippen LogP contribution in [0, 0.1) is 6.92 Å². The molecule has 1 aromatic carbocycles. The zero-order valence-corrected chi connectivity index (χ0v) is 12.1. The smallest absolute Gasteiger partial charge is 0.249 e. The molecule has 0 amide bonds. The van der Waals surface area contributed by atoms with Crippen LogP contribution in [0.3, 0.4) is 0 Å².